The Bertz CT molecular complexity index is 1970. The number of hydrogen-bond acceptors (Lipinski definition) is 3. The Kier molecular flexibility index (Phi) is 26.1. The molecular formula is C53H58BF4O3P5Ru+5. The number of rotatable bonds is 15. The molecule has 0 amide bonds. The van der Waals surface area contributed by atoms with Gasteiger partial charge in [0.05, 0.1) is 21.3 Å². The van der Waals surface area contributed by atoms with Gasteiger partial charge in [-0.15, -0.1) is 0 Å². The standard InChI is InChI=1S/2C25H22P2.C3H10O3P.BF4.Ru/c2*1-5-13-22(14-6-1)26(23-15-7-2-8-16-23)21-27(24-17-9-3-10-18-24)25-19-11-4-12-20-25;1-4-7(5-2)6-3;2-1(3,4)5;/h2*1-20H,21H2;7H,1-3H3;;/q;;+1;-1;+1/p+4. The molecule has 0 aromatic heterocycles. The molecule has 14 heteroatoms. The Balaban J connectivity index is 0.000000233. The fourth-order valence-electron chi connectivity index (χ4n) is 7.20. The molecule has 1 radical (unpaired) electrons. The van der Waals surface area contributed by atoms with Gasteiger partial charge in [0.1, 0.15) is 74.1 Å². The van der Waals surface area contributed by atoms with Gasteiger partial charge in [-0.1, -0.05) is 146 Å². The second-order valence-electron chi connectivity index (χ2n) is 14.6. The van der Waals surface area contributed by atoms with Crippen molar-refractivity contribution >= 4 is 90.0 Å². The van der Waals surface area contributed by atoms with Crippen LogP contribution in [0.5, 0.6) is 0 Å². The molecule has 0 aliphatic rings. The van der Waals surface area contributed by atoms with Gasteiger partial charge < -0.3 is 17.3 Å². The summed E-state index contributed by atoms with van der Waals surface area (Å²) in [5.74, 6) is 2.49. The van der Waals surface area contributed by atoms with Gasteiger partial charge in [0.25, 0.3) is 0 Å². The molecule has 3 nitrogen and oxygen atoms in total. The van der Waals surface area contributed by atoms with Crippen LogP contribution in [0.4, 0.5) is 17.3 Å². The largest absolute Gasteiger partial charge is 1.00 e. The molecule has 0 saturated heterocycles. The van der Waals surface area contributed by atoms with Crippen LogP contribution in [-0.4, -0.2) is 40.4 Å². The van der Waals surface area contributed by atoms with Gasteiger partial charge in [0.15, 0.2) is 11.8 Å². The van der Waals surface area contributed by atoms with Crippen LogP contribution < -0.4 is 42.4 Å². The maximum atomic E-state index is 9.75. The van der Waals surface area contributed by atoms with E-state index in [0.29, 0.717) is 0 Å². The summed E-state index contributed by atoms with van der Waals surface area (Å²) in [7, 11) is -6.08. The maximum absolute atomic E-state index is 9.75. The maximum Gasteiger partial charge on any atom is 1.00 e. The number of halogens is 4. The smallest absolute Gasteiger partial charge is 0.418 e. The molecule has 0 aliphatic carbocycles. The van der Waals surface area contributed by atoms with Gasteiger partial charge in [-0.3, -0.25) is 0 Å². The van der Waals surface area contributed by atoms with E-state index in [0.717, 1.165) is 0 Å². The van der Waals surface area contributed by atoms with Crippen LogP contribution in [0.2, 0.25) is 0 Å². The monoisotopic (exact) mass is 1090 g/mol. The summed E-state index contributed by atoms with van der Waals surface area (Å²) in [5, 5.41) is 12.0. The Morgan fingerprint density at radius 3 is 0.493 bits per heavy atom. The summed E-state index contributed by atoms with van der Waals surface area (Å²) in [4.78, 5) is 0. The first-order valence-electron chi connectivity index (χ1n) is 21.4. The van der Waals surface area contributed by atoms with Crippen LogP contribution in [0.1, 0.15) is 0 Å². The topological polar surface area (TPSA) is 27.7 Å². The first kappa shape index (κ1) is 55.8. The van der Waals surface area contributed by atoms with E-state index in [1.807, 2.05) is 0 Å². The molecule has 8 aromatic rings. The Hall–Kier alpha value is -3.80. The van der Waals surface area contributed by atoms with Crippen molar-refractivity contribution in [2.24, 2.45) is 0 Å². The van der Waals surface area contributed by atoms with Crippen molar-refractivity contribution < 1.29 is 50.3 Å². The fourth-order valence-corrected chi connectivity index (χ4v) is 23.2. The summed E-state index contributed by atoms with van der Waals surface area (Å²) in [5.41, 5.74) is 0. The van der Waals surface area contributed by atoms with E-state index in [1.165, 1.54) is 54.2 Å². The third kappa shape index (κ3) is 20.0. The summed E-state index contributed by atoms with van der Waals surface area (Å²) < 4.78 is 53.1. The molecule has 67 heavy (non-hydrogen) atoms. The second-order valence-corrected chi connectivity index (χ2v) is 27.6. The Labute approximate surface area is 413 Å². The molecule has 0 spiro atoms. The molecule has 0 aliphatic heterocycles. The van der Waals surface area contributed by atoms with E-state index in [-0.39, 0.29) is 19.5 Å². The van der Waals surface area contributed by atoms with E-state index in [4.69, 9.17) is 13.6 Å². The summed E-state index contributed by atoms with van der Waals surface area (Å²) in [6.45, 7) is 0. The van der Waals surface area contributed by atoms with Crippen molar-refractivity contribution in [2.45, 2.75) is 0 Å². The van der Waals surface area contributed by atoms with Crippen LogP contribution in [0.25, 0.3) is 0 Å². The van der Waals surface area contributed by atoms with Crippen molar-refractivity contribution in [3.8, 4) is 0 Å². The quantitative estimate of drug-likeness (QED) is 0.0582. The molecule has 0 atom stereocenters. The third-order valence-corrected chi connectivity index (χ3v) is 25.1. The van der Waals surface area contributed by atoms with Crippen molar-refractivity contribution in [2.75, 3.05) is 33.1 Å². The predicted octanol–water partition coefficient (Wildman–Crippen LogP) is 11.5. The third-order valence-electron chi connectivity index (χ3n) is 10.2. The van der Waals surface area contributed by atoms with E-state index >= 15 is 0 Å². The molecule has 347 valence electrons. The molecule has 0 fully saturated rings. The van der Waals surface area contributed by atoms with E-state index < -0.39 is 47.5 Å². The Morgan fingerprint density at radius 2 is 0.403 bits per heavy atom. The van der Waals surface area contributed by atoms with Crippen LogP contribution in [-0.2, 0) is 33.0 Å². The fraction of sp³-hybridized carbons (Fsp3) is 0.0943. The van der Waals surface area contributed by atoms with Crippen LogP contribution in [0.3, 0.4) is 0 Å². The van der Waals surface area contributed by atoms with Gasteiger partial charge >= 0.3 is 35.3 Å². The molecular weight excluding hydrogens is 1030 g/mol. The first-order valence-corrected chi connectivity index (χ1v) is 29.5. The second kappa shape index (κ2) is 31.4. The molecule has 0 bridgehead atoms. The molecule has 8 aromatic carbocycles. The van der Waals surface area contributed by atoms with E-state index in [1.54, 1.807) is 21.3 Å². The normalized spacial score (nSPS) is 10.9. The number of benzene rings is 8. The summed E-state index contributed by atoms with van der Waals surface area (Å²) in [6, 6.07) is 88.9. The zero-order chi connectivity index (χ0) is 46.8. The summed E-state index contributed by atoms with van der Waals surface area (Å²) >= 11 is 0. The molecule has 0 N–H and O–H groups in total. The minimum atomic E-state index is -6.00. The minimum Gasteiger partial charge on any atom is -0.418 e. The average molecular weight is 1090 g/mol. The minimum absolute atomic E-state index is 0. The van der Waals surface area contributed by atoms with Crippen LogP contribution in [0, 0.1) is 0 Å². The number of hydrogen-bond donors (Lipinski definition) is 0. The van der Waals surface area contributed by atoms with Crippen LogP contribution in [0.15, 0.2) is 243 Å². The van der Waals surface area contributed by atoms with Gasteiger partial charge in [-0.25, -0.2) is 0 Å². The molecule has 0 unspecified atom stereocenters. The average Bonchev–Trinajstić information content (AvgIpc) is 3.37. The van der Waals surface area contributed by atoms with E-state index in [9.17, 15) is 17.3 Å². The first-order chi connectivity index (χ1) is 32.2. The molecule has 0 saturated carbocycles. The SMILES string of the molecule is CO[PH+](OC)OC.F[B-](F)(F)F.[Ru+].c1ccc([PH+](C[PH+](c2ccccc2)c2ccccc2)c2ccccc2)cc1.c1ccc([PH+](C[PH+](c2ccccc2)c2ccccc2)c2ccccc2)cc1. The van der Waals surface area contributed by atoms with Crippen molar-refractivity contribution in [1.29, 1.82) is 0 Å². The van der Waals surface area contributed by atoms with E-state index in [2.05, 4.69) is 243 Å². The van der Waals surface area contributed by atoms with Gasteiger partial charge in [-0.05, 0) is 97.1 Å². The molecule has 8 rings (SSSR count). The zero-order valence-corrected chi connectivity index (χ0v) is 44.4. The predicted molar refractivity (Wildman–Crippen MR) is 291 cm³/mol. The van der Waals surface area contributed by atoms with Crippen molar-refractivity contribution in [3.05, 3.63) is 243 Å². The van der Waals surface area contributed by atoms with Crippen molar-refractivity contribution in [1.82, 2.24) is 0 Å². The van der Waals surface area contributed by atoms with Crippen LogP contribution >= 0.6 is 40.3 Å². The van der Waals surface area contributed by atoms with Gasteiger partial charge in [-0.2, -0.15) is 13.6 Å². The van der Waals surface area contributed by atoms with Gasteiger partial charge in [0, 0.05) is 0 Å². The van der Waals surface area contributed by atoms with Gasteiger partial charge in [0.2, 0.25) is 0 Å². The summed E-state index contributed by atoms with van der Waals surface area (Å²) in [6.07, 6.45) is 0. The zero-order valence-electron chi connectivity index (χ0n) is 37.7. The Morgan fingerprint density at radius 1 is 0.284 bits per heavy atom. The van der Waals surface area contributed by atoms with Crippen molar-refractivity contribution in [3.63, 3.8) is 0 Å². The molecule has 0 heterocycles.